The molecule has 2 aromatic rings. The Bertz CT molecular complexity index is 615. The van der Waals surface area contributed by atoms with Crippen molar-refractivity contribution < 1.29 is 4.79 Å². The van der Waals surface area contributed by atoms with Gasteiger partial charge in [-0.05, 0) is 50.1 Å². The van der Waals surface area contributed by atoms with E-state index in [0.717, 1.165) is 16.8 Å². The van der Waals surface area contributed by atoms with Crippen LogP contribution in [0, 0.1) is 6.92 Å². The summed E-state index contributed by atoms with van der Waals surface area (Å²) in [4.78, 5) is 12.5. The Labute approximate surface area is 119 Å². The first-order chi connectivity index (χ1) is 9.41. The first kappa shape index (κ1) is 14.1. The molecule has 0 aliphatic heterocycles. The Morgan fingerprint density at radius 3 is 2.25 bits per heavy atom. The maximum absolute atomic E-state index is 12.5. The molecule has 1 amide bonds. The number of nitrogen functional groups attached to an aromatic ring is 1. The van der Waals surface area contributed by atoms with Gasteiger partial charge in [-0.3, -0.25) is 4.79 Å². The molecule has 0 bridgehead atoms. The van der Waals surface area contributed by atoms with E-state index in [1.807, 2.05) is 69.3 Å². The molecule has 0 saturated carbocycles. The van der Waals surface area contributed by atoms with Crippen LogP contribution < -0.4 is 11.1 Å². The monoisotopic (exact) mass is 268 g/mol. The van der Waals surface area contributed by atoms with E-state index in [1.54, 1.807) is 0 Å². The highest BCUT2D eigenvalue weighted by molar-refractivity contribution is 5.99. The van der Waals surface area contributed by atoms with Gasteiger partial charge in [0.15, 0.2) is 0 Å². The molecule has 0 radical (unpaired) electrons. The summed E-state index contributed by atoms with van der Waals surface area (Å²) in [6.45, 7) is 5.80. The van der Waals surface area contributed by atoms with Crippen LogP contribution in [0.4, 0.5) is 11.4 Å². The van der Waals surface area contributed by atoms with Crippen molar-refractivity contribution in [3.05, 3.63) is 59.7 Å². The van der Waals surface area contributed by atoms with Crippen LogP contribution in [0.1, 0.15) is 25.0 Å². The van der Waals surface area contributed by atoms with Gasteiger partial charge in [0.05, 0.1) is 5.41 Å². The number of aryl methyl sites for hydroxylation is 1. The highest BCUT2D eigenvalue weighted by atomic mass is 16.2. The van der Waals surface area contributed by atoms with Crippen LogP contribution in [0.3, 0.4) is 0 Å². The van der Waals surface area contributed by atoms with Gasteiger partial charge >= 0.3 is 0 Å². The summed E-state index contributed by atoms with van der Waals surface area (Å²) in [5.74, 6) is -0.0310. The summed E-state index contributed by atoms with van der Waals surface area (Å²) in [7, 11) is 0. The first-order valence-electron chi connectivity index (χ1n) is 6.64. The van der Waals surface area contributed by atoms with E-state index in [1.165, 1.54) is 0 Å². The number of carbonyl (C=O) groups excluding carboxylic acids is 1. The van der Waals surface area contributed by atoms with Crippen LogP contribution in [0.25, 0.3) is 0 Å². The molecule has 0 atom stereocenters. The van der Waals surface area contributed by atoms with E-state index in [4.69, 9.17) is 5.73 Å². The van der Waals surface area contributed by atoms with Crippen LogP contribution in [-0.4, -0.2) is 5.91 Å². The second-order valence-corrected chi connectivity index (χ2v) is 5.52. The van der Waals surface area contributed by atoms with Gasteiger partial charge in [-0.1, -0.05) is 30.3 Å². The van der Waals surface area contributed by atoms with E-state index in [2.05, 4.69) is 5.32 Å². The molecule has 0 saturated heterocycles. The molecule has 0 aliphatic rings. The number of nitrogens with two attached hydrogens (primary N) is 1. The average molecular weight is 268 g/mol. The topological polar surface area (TPSA) is 55.1 Å². The molecule has 20 heavy (non-hydrogen) atoms. The minimum absolute atomic E-state index is 0.0310. The highest BCUT2D eigenvalue weighted by Gasteiger charge is 2.29. The maximum atomic E-state index is 12.5. The van der Waals surface area contributed by atoms with Gasteiger partial charge in [0, 0.05) is 11.4 Å². The largest absolute Gasteiger partial charge is 0.399 e. The molecule has 3 N–H and O–H groups in total. The second-order valence-electron chi connectivity index (χ2n) is 5.52. The lowest BCUT2D eigenvalue weighted by Gasteiger charge is -2.24. The number of anilines is 2. The van der Waals surface area contributed by atoms with Crippen molar-refractivity contribution in [3.8, 4) is 0 Å². The van der Waals surface area contributed by atoms with Crippen molar-refractivity contribution in [2.24, 2.45) is 0 Å². The summed E-state index contributed by atoms with van der Waals surface area (Å²) in [5.41, 5.74) is 8.61. The number of benzene rings is 2. The summed E-state index contributed by atoms with van der Waals surface area (Å²) in [6.07, 6.45) is 0. The number of carbonyl (C=O) groups is 1. The fourth-order valence-electron chi connectivity index (χ4n) is 2.02. The van der Waals surface area contributed by atoms with Gasteiger partial charge in [0.25, 0.3) is 0 Å². The third-order valence-corrected chi connectivity index (χ3v) is 3.59. The Morgan fingerprint density at radius 1 is 1.05 bits per heavy atom. The van der Waals surface area contributed by atoms with Gasteiger partial charge in [0.1, 0.15) is 0 Å². The van der Waals surface area contributed by atoms with E-state index >= 15 is 0 Å². The van der Waals surface area contributed by atoms with Crippen LogP contribution in [0.15, 0.2) is 48.5 Å². The van der Waals surface area contributed by atoms with Gasteiger partial charge in [0.2, 0.25) is 5.91 Å². The molecule has 0 heterocycles. The lowest BCUT2D eigenvalue weighted by atomic mass is 9.83. The lowest BCUT2D eigenvalue weighted by Crippen LogP contribution is -2.34. The zero-order chi connectivity index (χ0) is 14.8. The molecular weight excluding hydrogens is 248 g/mol. The zero-order valence-electron chi connectivity index (χ0n) is 12.1. The number of amides is 1. The summed E-state index contributed by atoms with van der Waals surface area (Å²) >= 11 is 0. The highest BCUT2D eigenvalue weighted by Crippen LogP contribution is 2.26. The number of hydrogen-bond acceptors (Lipinski definition) is 2. The van der Waals surface area contributed by atoms with E-state index in [-0.39, 0.29) is 5.91 Å². The lowest BCUT2D eigenvalue weighted by molar-refractivity contribution is -0.120. The van der Waals surface area contributed by atoms with Crippen molar-refractivity contribution in [1.29, 1.82) is 0 Å². The predicted molar refractivity (Wildman–Crippen MR) is 83.7 cm³/mol. The molecule has 0 unspecified atom stereocenters. The minimum atomic E-state index is -0.615. The molecule has 2 rings (SSSR count). The smallest absolute Gasteiger partial charge is 0.234 e. The normalized spacial score (nSPS) is 11.2. The van der Waals surface area contributed by atoms with Crippen molar-refractivity contribution in [3.63, 3.8) is 0 Å². The standard InChI is InChI=1S/C17H20N2O/c1-12-6-4-5-7-15(12)19-16(20)17(2,3)13-8-10-14(18)11-9-13/h4-11H,18H2,1-3H3,(H,19,20). The zero-order valence-corrected chi connectivity index (χ0v) is 12.1. The van der Waals surface area contributed by atoms with Crippen LogP contribution >= 0.6 is 0 Å². The number of nitrogens with one attached hydrogen (secondary N) is 1. The third kappa shape index (κ3) is 2.82. The molecule has 0 fully saturated rings. The fraction of sp³-hybridized carbons (Fsp3) is 0.235. The van der Waals surface area contributed by atoms with Gasteiger partial charge in [-0.15, -0.1) is 0 Å². The molecule has 3 nitrogen and oxygen atoms in total. The third-order valence-electron chi connectivity index (χ3n) is 3.59. The second kappa shape index (κ2) is 5.37. The Balaban J connectivity index is 2.23. The van der Waals surface area contributed by atoms with Crippen LogP contribution in [0.5, 0.6) is 0 Å². The van der Waals surface area contributed by atoms with Gasteiger partial charge < -0.3 is 11.1 Å². The minimum Gasteiger partial charge on any atom is -0.399 e. The Hall–Kier alpha value is -2.29. The van der Waals surface area contributed by atoms with Crippen molar-refractivity contribution in [2.45, 2.75) is 26.2 Å². The van der Waals surface area contributed by atoms with Crippen LogP contribution in [-0.2, 0) is 10.2 Å². The Kier molecular flexibility index (Phi) is 3.79. The number of para-hydroxylation sites is 1. The molecule has 3 heteroatoms. The maximum Gasteiger partial charge on any atom is 0.234 e. The molecule has 0 spiro atoms. The SMILES string of the molecule is Cc1ccccc1NC(=O)C(C)(C)c1ccc(N)cc1. The van der Waals surface area contributed by atoms with Gasteiger partial charge in [-0.25, -0.2) is 0 Å². The van der Waals surface area contributed by atoms with Crippen molar-refractivity contribution in [1.82, 2.24) is 0 Å². The number of rotatable bonds is 3. The van der Waals surface area contributed by atoms with Crippen molar-refractivity contribution in [2.75, 3.05) is 11.1 Å². The quantitative estimate of drug-likeness (QED) is 0.837. The van der Waals surface area contributed by atoms with E-state index in [0.29, 0.717) is 5.69 Å². The summed E-state index contributed by atoms with van der Waals surface area (Å²) < 4.78 is 0. The molecule has 2 aromatic carbocycles. The summed E-state index contributed by atoms with van der Waals surface area (Å²) in [6, 6.07) is 15.2. The Morgan fingerprint density at radius 2 is 1.65 bits per heavy atom. The first-order valence-corrected chi connectivity index (χ1v) is 6.64. The summed E-state index contributed by atoms with van der Waals surface area (Å²) in [5, 5.41) is 2.99. The van der Waals surface area contributed by atoms with E-state index < -0.39 is 5.41 Å². The van der Waals surface area contributed by atoms with E-state index in [9.17, 15) is 4.79 Å². The van der Waals surface area contributed by atoms with Crippen LogP contribution in [0.2, 0.25) is 0 Å². The molecule has 104 valence electrons. The predicted octanol–water partition coefficient (Wildman–Crippen LogP) is 3.49. The average Bonchev–Trinajstić information content (AvgIpc) is 2.41. The molecule has 0 aliphatic carbocycles. The number of hydrogen-bond donors (Lipinski definition) is 2. The fourth-order valence-corrected chi connectivity index (χ4v) is 2.02. The molecule has 0 aromatic heterocycles. The van der Waals surface area contributed by atoms with Crippen molar-refractivity contribution >= 4 is 17.3 Å². The molecular formula is C17H20N2O. The van der Waals surface area contributed by atoms with Gasteiger partial charge in [-0.2, -0.15) is 0 Å².